The number of carbonyl (C=O) groups excluding carboxylic acids is 1. The van der Waals surface area contributed by atoms with Gasteiger partial charge in [0.25, 0.3) is 0 Å². The van der Waals surface area contributed by atoms with Crippen LogP contribution in [-0.4, -0.2) is 27.5 Å². The maximum Gasteiger partial charge on any atom is 0.242 e. The molecule has 0 saturated heterocycles. The number of nitrogens with one attached hydrogen (secondary N) is 2. The zero-order chi connectivity index (χ0) is 23.3. The third kappa shape index (κ3) is 5.82. The lowest BCUT2D eigenvalue weighted by atomic mass is 10.1. The molecular formula is C22H19ClF2N2O4S. The smallest absolute Gasteiger partial charge is 0.242 e. The first-order valence-electron chi connectivity index (χ1n) is 9.35. The van der Waals surface area contributed by atoms with Gasteiger partial charge in [-0.2, -0.15) is 4.72 Å². The Kier molecular flexibility index (Phi) is 7.44. The molecule has 0 radical (unpaired) electrons. The van der Waals surface area contributed by atoms with Gasteiger partial charge in [0.2, 0.25) is 15.9 Å². The van der Waals surface area contributed by atoms with Crippen LogP contribution < -0.4 is 14.8 Å². The van der Waals surface area contributed by atoms with Crippen molar-refractivity contribution >= 4 is 33.2 Å². The van der Waals surface area contributed by atoms with Crippen molar-refractivity contribution < 1.29 is 26.7 Å². The van der Waals surface area contributed by atoms with E-state index in [2.05, 4.69) is 10.0 Å². The predicted octanol–water partition coefficient (Wildman–Crippen LogP) is 4.16. The quantitative estimate of drug-likeness (QED) is 0.507. The molecule has 0 saturated carbocycles. The molecule has 0 heterocycles. The Bertz CT molecular complexity index is 1220. The lowest BCUT2D eigenvalue weighted by Crippen LogP contribution is -2.45. The molecule has 1 amide bonds. The minimum absolute atomic E-state index is 0.0350. The van der Waals surface area contributed by atoms with Crippen LogP contribution in [0, 0.1) is 11.6 Å². The average molecular weight is 481 g/mol. The number of carbonyl (C=O) groups is 1. The number of rotatable bonds is 8. The molecule has 0 unspecified atom stereocenters. The summed E-state index contributed by atoms with van der Waals surface area (Å²) in [7, 11) is -2.81. The van der Waals surface area contributed by atoms with Crippen LogP contribution >= 0.6 is 11.6 Å². The number of methoxy groups -OCH3 is 1. The van der Waals surface area contributed by atoms with E-state index < -0.39 is 39.3 Å². The van der Waals surface area contributed by atoms with Crippen molar-refractivity contribution in [2.45, 2.75) is 17.4 Å². The zero-order valence-corrected chi connectivity index (χ0v) is 18.4. The van der Waals surface area contributed by atoms with Crippen LogP contribution in [0.3, 0.4) is 0 Å². The third-order valence-corrected chi connectivity index (χ3v) is 6.28. The zero-order valence-electron chi connectivity index (χ0n) is 16.8. The van der Waals surface area contributed by atoms with Gasteiger partial charge in [0.1, 0.15) is 23.4 Å². The Balaban J connectivity index is 1.90. The Morgan fingerprint density at radius 1 is 1.06 bits per heavy atom. The van der Waals surface area contributed by atoms with E-state index in [1.807, 2.05) is 0 Å². The second-order valence-corrected chi connectivity index (χ2v) is 8.89. The highest BCUT2D eigenvalue weighted by molar-refractivity contribution is 7.89. The molecule has 168 valence electrons. The van der Waals surface area contributed by atoms with Gasteiger partial charge in [0.15, 0.2) is 0 Å². The molecule has 3 aromatic rings. The molecule has 10 heteroatoms. The lowest BCUT2D eigenvalue weighted by molar-refractivity contribution is -0.117. The number of ether oxygens (including phenoxy) is 1. The first-order chi connectivity index (χ1) is 15.2. The van der Waals surface area contributed by atoms with E-state index in [9.17, 15) is 22.0 Å². The van der Waals surface area contributed by atoms with E-state index in [0.29, 0.717) is 5.56 Å². The first-order valence-corrected chi connectivity index (χ1v) is 11.2. The summed E-state index contributed by atoms with van der Waals surface area (Å²) in [6.45, 7) is 0. The summed E-state index contributed by atoms with van der Waals surface area (Å²) in [5.41, 5.74) is 0.252. The van der Waals surface area contributed by atoms with E-state index in [1.165, 1.54) is 25.3 Å². The maximum absolute atomic E-state index is 14.0. The van der Waals surface area contributed by atoms with E-state index in [0.717, 1.165) is 18.2 Å². The molecule has 3 rings (SSSR count). The highest BCUT2D eigenvalue weighted by Crippen LogP contribution is 2.27. The van der Waals surface area contributed by atoms with Crippen LogP contribution in [-0.2, 0) is 21.2 Å². The van der Waals surface area contributed by atoms with Gasteiger partial charge in [-0.3, -0.25) is 4.79 Å². The van der Waals surface area contributed by atoms with E-state index in [4.69, 9.17) is 16.3 Å². The summed E-state index contributed by atoms with van der Waals surface area (Å²) in [6.07, 6.45) is -0.0350. The van der Waals surface area contributed by atoms with Gasteiger partial charge in [-0.1, -0.05) is 41.9 Å². The van der Waals surface area contributed by atoms with Crippen molar-refractivity contribution in [3.05, 3.63) is 89.0 Å². The molecule has 0 aliphatic carbocycles. The Morgan fingerprint density at radius 3 is 2.44 bits per heavy atom. The minimum Gasteiger partial charge on any atom is -0.495 e. The molecule has 0 aliphatic rings. The fourth-order valence-corrected chi connectivity index (χ4v) is 4.46. The topological polar surface area (TPSA) is 84.5 Å². The Morgan fingerprint density at radius 2 is 1.78 bits per heavy atom. The van der Waals surface area contributed by atoms with Crippen LogP contribution in [0.15, 0.2) is 71.6 Å². The molecule has 32 heavy (non-hydrogen) atoms. The van der Waals surface area contributed by atoms with Gasteiger partial charge in [-0.05, 0) is 42.3 Å². The molecule has 0 bridgehead atoms. The normalized spacial score (nSPS) is 12.2. The number of anilines is 1. The molecule has 0 spiro atoms. The van der Waals surface area contributed by atoms with Gasteiger partial charge in [0, 0.05) is 6.07 Å². The number of hydrogen-bond donors (Lipinski definition) is 2. The molecule has 0 fully saturated rings. The molecule has 6 nitrogen and oxygen atoms in total. The van der Waals surface area contributed by atoms with Crippen molar-refractivity contribution in [1.82, 2.24) is 4.72 Å². The first kappa shape index (κ1) is 23.6. The SMILES string of the molecule is COc1ccc(S(=O)(=O)N[C@H](Cc2ccccc2)C(=O)Nc2cc(F)ccc2F)cc1Cl. The van der Waals surface area contributed by atoms with Crippen molar-refractivity contribution in [1.29, 1.82) is 0 Å². The number of amides is 1. The molecule has 0 aliphatic heterocycles. The maximum atomic E-state index is 14.0. The van der Waals surface area contributed by atoms with Crippen molar-refractivity contribution in [2.75, 3.05) is 12.4 Å². The summed E-state index contributed by atoms with van der Waals surface area (Å²) in [4.78, 5) is 12.7. The van der Waals surface area contributed by atoms with Crippen LogP contribution in [0.2, 0.25) is 5.02 Å². The molecule has 2 N–H and O–H groups in total. The van der Waals surface area contributed by atoms with E-state index in [1.54, 1.807) is 30.3 Å². The van der Waals surface area contributed by atoms with Gasteiger partial charge in [0.05, 0.1) is 22.7 Å². The third-order valence-electron chi connectivity index (χ3n) is 4.52. The van der Waals surface area contributed by atoms with Crippen LogP contribution in [0.25, 0.3) is 0 Å². The van der Waals surface area contributed by atoms with Crippen molar-refractivity contribution in [2.24, 2.45) is 0 Å². The van der Waals surface area contributed by atoms with Crippen molar-refractivity contribution in [3.8, 4) is 5.75 Å². The second-order valence-electron chi connectivity index (χ2n) is 6.77. The lowest BCUT2D eigenvalue weighted by Gasteiger charge is -2.19. The Labute approximate surface area is 189 Å². The summed E-state index contributed by atoms with van der Waals surface area (Å²) in [5, 5.41) is 2.32. The highest BCUT2D eigenvalue weighted by Gasteiger charge is 2.27. The molecular weight excluding hydrogens is 462 g/mol. The minimum atomic E-state index is -4.20. The summed E-state index contributed by atoms with van der Waals surface area (Å²) in [5.74, 6) is -2.19. The van der Waals surface area contributed by atoms with Crippen LogP contribution in [0.5, 0.6) is 5.75 Å². The fraction of sp³-hybridized carbons (Fsp3) is 0.136. The number of halogens is 3. The van der Waals surface area contributed by atoms with Crippen molar-refractivity contribution in [3.63, 3.8) is 0 Å². The van der Waals surface area contributed by atoms with Gasteiger partial charge in [-0.25, -0.2) is 17.2 Å². The summed E-state index contributed by atoms with van der Waals surface area (Å²) >= 11 is 6.03. The Hall–Kier alpha value is -3.01. The van der Waals surface area contributed by atoms with Crippen LogP contribution in [0.1, 0.15) is 5.56 Å². The monoisotopic (exact) mass is 480 g/mol. The van der Waals surface area contributed by atoms with E-state index in [-0.39, 0.29) is 22.1 Å². The number of sulfonamides is 1. The second kappa shape index (κ2) is 10.1. The fourth-order valence-electron chi connectivity index (χ4n) is 2.92. The number of hydrogen-bond acceptors (Lipinski definition) is 4. The van der Waals surface area contributed by atoms with E-state index >= 15 is 0 Å². The standard InChI is InChI=1S/C22H19ClF2N2O4S/c1-31-21-10-8-16(13-17(21)23)32(29,30)27-20(11-14-5-3-2-4-6-14)22(28)26-19-12-15(24)7-9-18(19)25/h2-10,12-13,20,27H,11H2,1H3,(H,26,28)/t20-/m1/s1. The average Bonchev–Trinajstić information content (AvgIpc) is 2.76. The summed E-state index contributed by atoms with van der Waals surface area (Å²) in [6, 6.07) is 13.7. The van der Waals surface area contributed by atoms with Gasteiger partial charge < -0.3 is 10.1 Å². The van der Waals surface area contributed by atoms with Gasteiger partial charge in [-0.15, -0.1) is 0 Å². The molecule has 1 atom stereocenters. The van der Waals surface area contributed by atoms with Crippen LogP contribution in [0.4, 0.5) is 14.5 Å². The number of benzene rings is 3. The highest BCUT2D eigenvalue weighted by atomic mass is 35.5. The largest absolute Gasteiger partial charge is 0.495 e. The molecule has 0 aromatic heterocycles. The van der Waals surface area contributed by atoms with Gasteiger partial charge >= 0.3 is 0 Å². The predicted molar refractivity (Wildman–Crippen MR) is 117 cm³/mol. The summed E-state index contributed by atoms with van der Waals surface area (Å²) < 4.78 is 60.7. The molecule has 3 aromatic carbocycles.